The predicted octanol–water partition coefficient (Wildman–Crippen LogP) is 3.16. The van der Waals surface area contributed by atoms with Crippen molar-refractivity contribution in [1.82, 2.24) is 15.5 Å². The molecule has 2 rings (SSSR count). The normalized spacial score (nSPS) is 18.3. The summed E-state index contributed by atoms with van der Waals surface area (Å²) in [7, 11) is 0. The summed E-state index contributed by atoms with van der Waals surface area (Å²) in [5.41, 5.74) is 0. The quantitative estimate of drug-likeness (QED) is 0.577. The van der Waals surface area contributed by atoms with E-state index in [1.54, 1.807) is 0 Å². The molecule has 1 saturated heterocycles. The molecular formula is C19H32N4OS. The van der Waals surface area contributed by atoms with Gasteiger partial charge in [0.15, 0.2) is 5.96 Å². The largest absolute Gasteiger partial charge is 0.357 e. The lowest BCUT2D eigenvalue weighted by Gasteiger charge is -2.33. The van der Waals surface area contributed by atoms with Crippen LogP contribution in [0.3, 0.4) is 0 Å². The Hall–Kier alpha value is -1.56. The van der Waals surface area contributed by atoms with Gasteiger partial charge in [-0.05, 0) is 51.7 Å². The summed E-state index contributed by atoms with van der Waals surface area (Å²) in [5, 5.41) is 6.55. The van der Waals surface area contributed by atoms with Crippen molar-refractivity contribution in [2.45, 2.75) is 65.5 Å². The van der Waals surface area contributed by atoms with Crippen molar-refractivity contribution < 1.29 is 4.79 Å². The van der Waals surface area contributed by atoms with E-state index in [-0.39, 0.29) is 5.91 Å². The van der Waals surface area contributed by atoms with Gasteiger partial charge in [-0.3, -0.25) is 4.79 Å². The number of rotatable bonds is 7. The molecule has 0 spiro atoms. The molecule has 0 bridgehead atoms. The molecule has 2 heterocycles. The Morgan fingerprint density at radius 1 is 1.28 bits per heavy atom. The lowest BCUT2D eigenvalue weighted by molar-refractivity contribution is -0.134. The van der Waals surface area contributed by atoms with E-state index in [4.69, 9.17) is 0 Å². The highest BCUT2D eigenvalue weighted by molar-refractivity contribution is 7.11. The number of likely N-dealkylation sites (tertiary alicyclic amines) is 1. The van der Waals surface area contributed by atoms with Gasteiger partial charge in [0, 0.05) is 41.9 Å². The molecule has 140 valence electrons. The van der Waals surface area contributed by atoms with Crippen molar-refractivity contribution in [2.24, 2.45) is 4.99 Å². The molecule has 25 heavy (non-hydrogen) atoms. The highest BCUT2D eigenvalue weighted by atomic mass is 32.1. The van der Waals surface area contributed by atoms with Crippen LogP contribution >= 0.6 is 11.3 Å². The predicted molar refractivity (Wildman–Crippen MR) is 106 cm³/mol. The first-order valence-electron chi connectivity index (χ1n) is 9.53. The Labute approximate surface area is 155 Å². The van der Waals surface area contributed by atoms with Crippen LogP contribution < -0.4 is 10.6 Å². The summed E-state index contributed by atoms with van der Waals surface area (Å²) in [4.78, 5) is 21.7. The topological polar surface area (TPSA) is 56.7 Å². The molecule has 1 aromatic heterocycles. The van der Waals surface area contributed by atoms with Gasteiger partial charge in [0.1, 0.15) is 0 Å². The van der Waals surface area contributed by atoms with Crippen LogP contribution in [0.1, 0.15) is 56.2 Å². The fraction of sp³-hybridized carbons (Fsp3) is 0.684. The van der Waals surface area contributed by atoms with Crippen molar-refractivity contribution >= 4 is 23.2 Å². The summed E-state index contributed by atoms with van der Waals surface area (Å²) >= 11 is 1.82. The molecule has 5 nitrogen and oxygen atoms in total. The highest BCUT2D eigenvalue weighted by Gasteiger charge is 2.22. The zero-order chi connectivity index (χ0) is 18.1. The molecule has 6 heteroatoms. The zero-order valence-electron chi connectivity index (χ0n) is 15.8. The number of aliphatic imine (C=N–C) groups is 1. The number of nitrogens with one attached hydrogen (secondary N) is 2. The SMILES string of the molecule is CCNC(=NCc1ccc(CC)s1)NCCC(=O)N1CCCCC1C. The van der Waals surface area contributed by atoms with Crippen LogP contribution in [0.2, 0.25) is 0 Å². The number of hydrogen-bond donors (Lipinski definition) is 2. The summed E-state index contributed by atoms with van der Waals surface area (Å²) in [6, 6.07) is 4.71. The average Bonchev–Trinajstić information content (AvgIpc) is 3.08. The lowest BCUT2D eigenvalue weighted by atomic mass is 10.0. The van der Waals surface area contributed by atoms with Crippen molar-refractivity contribution in [2.75, 3.05) is 19.6 Å². The molecular weight excluding hydrogens is 332 g/mol. The molecule has 0 radical (unpaired) electrons. The van der Waals surface area contributed by atoms with E-state index in [1.165, 1.54) is 16.2 Å². The van der Waals surface area contributed by atoms with Crippen LogP contribution in [-0.4, -0.2) is 42.4 Å². The molecule has 1 aromatic rings. The molecule has 1 amide bonds. The third-order valence-electron chi connectivity index (χ3n) is 4.56. The van der Waals surface area contributed by atoms with E-state index in [0.717, 1.165) is 38.3 Å². The summed E-state index contributed by atoms with van der Waals surface area (Å²) in [6.07, 6.45) is 5.10. The fourth-order valence-corrected chi connectivity index (χ4v) is 3.98. The van der Waals surface area contributed by atoms with Gasteiger partial charge in [0.2, 0.25) is 5.91 Å². The maximum atomic E-state index is 12.4. The van der Waals surface area contributed by atoms with Crippen LogP contribution in [0.15, 0.2) is 17.1 Å². The van der Waals surface area contributed by atoms with Crippen LogP contribution in [0, 0.1) is 0 Å². The van der Waals surface area contributed by atoms with Gasteiger partial charge in [-0.15, -0.1) is 11.3 Å². The van der Waals surface area contributed by atoms with Gasteiger partial charge in [0.05, 0.1) is 6.54 Å². The number of amides is 1. The lowest BCUT2D eigenvalue weighted by Crippen LogP contribution is -2.44. The van der Waals surface area contributed by atoms with Crippen LogP contribution in [0.5, 0.6) is 0 Å². The number of thiophene rings is 1. The standard InChI is InChI=1S/C19H32N4OS/c1-4-16-9-10-17(25-16)14-22-19(20-5-2)21-12-11-18(24)23-13-7-6-8-15(23)3/h9-10,15H,4-8,11-14H2,1-3H3,(H2,20,21,22). The van der Waals surface area contributed by atoms with Crippen molar-refractivity contribution in [3.8, 4) is 0 Å². The molecule has 1 aliphatic heterocycles. The van der Waals surface area contributed by atoms with Crippen molar-refractivity contribution in [1.29, 1.82) is 0 Å². The molecule has 1 atom stereocenters. The van der Waals surface area contributed by atoms with Crippen LogP contribution in [-0.2, 0) is 17.8 Å². The van der Waals surface area contributed by atoms with Crippen LogP contribution in [0.4, 0.5) is 0 Å². The van der Waals surface area contributed by atoms with E-state index >= 15 is 0 Å². The Morgan fingerprint density at radius 3 is 2.76 bits per heavy atom. The van der Waals surface area contributed by atoms with Gasteiger partial charge in [-0.2, -0.15) is 0 Å². The molecule has 1 fully saturated rings. The molecule has 1 aliphatic rings. The van der Waals surface area contributed by atoms with E-state index < -0.39 is 0 Å². The summed E-state index contributed by atoms with van der Waals surface area (Å²) in [5.74, 6) is 1.04. The molecule has 0 aromatic carbocycles. The third kappa shape index (κ3) is 6.34. The van der Waals surface area contributed by atoms with Gasteiger partial charge >= 0.3 is 0 Å². The maximum Gasteiger partial charge on any atom is 0.224 e. The monoisotopic (exact) mass is 364 g/mol. The van der Waals surface area contributed by atoms with Gasteiger partial charge in [-0.1, -0.05) is 6.92 Å². The number of aryl methyl sites for hydroxylation is 1. The number of hydrogen-bond acceptors (Lipinski definition) is 3. The second-order valence-electron chi connectivity index (χ2n) is 6.53. The Kier molecular flexibility index (Phi) is 8.25. The zero-order valence-corrected chi connectivity index (χ0v) is 16.6. The average molecular weight is 365 g/mol. The fourth-order valence-electron chi connectivity index (χ4n) is 3.10. The number of nitrogens with zero attached hydrogens (tertiary/aromatic N) is 2. The minimum absolute atomic E-state index is 0.251. The van der Waals surface area contributed by atoms with E-state index in [1.807, 2.05) is 16.2 Å². The highest BCUT2D eigenvalue weighted by Crippen LogP contribution is 2.18. The summed E-state index contributed by atoms with van der Waals surface area (Å²) in [6.45, 7) is 9.40. The third-order valence-corrected chi connectivity index (χ3v) is 5.77. The van der Waals surface area contributed by atoms with Gasteiger partial charge in [0.25, 0.3) is 0 Å². The summed E-state index contributed by atoms with van der Waals surface area (Å²) < 4.78 is 0. The molecule has 0 aliphatic carbocycles. The van der Waals surface area contributed by atoms with Gasteiger partial charge in [-0.25, -0.2) is 4.99 Å². The van der Waals surface area contributed by atoms with Gasteiger partial charge < -0.3 is 15.5 Å². The van der Waals surface area contributed by atoms with E-state index in [0.29, 0.717) is 25.6 Å². The first-order chi connectivity index (χ1) is 12.1. The molecule has 1 unspecified atom stereocenters. The minimum Gasteiger partial charge on any atom is -0.357 e. The van der Waals surface area contributed by atoms with Crippen molar-refractivity contribution in [3.05, 3.63) is 21.9 Å². The molecule has 0 saturated carbocycles. The maximum absolute atomic E-state index is 12.4. The number of carbonyl (C=O) groups is 1. The first kappa shape index (κ1) is 19.8. The second kappa shape index (κ2) is 10.4. The number of carbonyl (C=O) groups excluding carboxylic acids is 1. The van der Waals surface area contributed by atoms with Crippen molar-refractivity contribution in [3.63, 3.8) is 0 Å². The minimum atomic E-state index is 0.251. The smallest absolute Gasteiger partial charge is 0.224 e. The number of guanidine groups is 1. The second-order valence-corrected chi connectivity index (χ2v) is 7.78. The van der Waals surface area contributed by atoms with Crippen LogP contribution in [0.25, 0.3) is 0 Å². The Morgan fingerprint density at radius 2 is 2.08 bits per heavy atom. The Bertz CT molecular complexity index is 570. The van der Waals surface area contributed by atoms with E-state index in [2.05, 4.69) is 48.5 Å². The Balaban J connectivity index is 1.80. The first-order valence-corrected chi connectivity index (χ1v) is 10.3. The van der Waals surface area contributed by atoms with E-state index in [9.17, 15) is 4.79 Å². The number of piperidine rings is 1. The molecule has 2 N–H and O–H groups in total.